The summed E-state index contributed by atoms with van der Waals surface area (Å²) in [5.41, 5.74) is 9.83. The highest BCUT2D eigenvalue weighted by Gasteiger charge is 2.25. The minimum Gasteiger partial charge on any atom is -0.482 e. The fourth-order valence-corrected chi connectivity index (χ4v) is 3.78. The standard InChI is InChI=1S/C21H19FN6O2/c1-3-16-19-12-6-17(20(23)24-8-12)29-11(2)15-7-13(22)4-5-14(15)21-25-10-26-28(21)9-18(19)30-27-16/h4-8,10-11H,3,9H2,1-2H3,(H2,23,24). The average molecular weight is 406 g/mol. The minimum absolute atomic E-state index is 0.250. The topological polar surface area (TPSA) is 105 Å². The summed E-state index contributed by atoms with van der Waals surface area (Å²) in [5, 5.41) is 8.58. The largest absolute Gasteiger partial charge is 0.482 e. The Bertz CT molecular complexity index is 1250. The van der Waals surface area contributed by atoms with Crippen molar-refractivity contribution >= 4 is 5.82 Å². The summed E-state index contributed by atoms with van der Waals surface area (Å²) < 4.78 is 27.6. The van der Waals surface area contributed by atoms with Crippen molar-refractivity contribution in [3.8, 4) is 28.3 Å². The Balaban J connectivity index is 1.79. The number of aromatic nitrogens is 5. The summed E-state index contributed by atoms with van der Waals surface area (Å²) in [7, 11) is 0. The molecule has 1 aromatic carbocycles. The number of halogens is 1. The molecule has 1 unspecified atom stereocenters. The number of aryl methyl sites for hydroxylation is 1. The van der Waals surface area contributed by atoms with Crippen LogP contribution in [0.5, 0.6) is 5.75 Å². The summed E-state index contributed by atoms with van der Waals surface area (Å²) >= 11 is 0. The molecule has 2 bridgehead atoms. The van der Waals surface area contributed by atoms with E-state index in [0.717, 1.165) is 16.8 Å². The summed E-state index contributed by atoms with van der Waals surface area (Å²) in [6.07, 6.45) is 3.31. The van der Waals surface area contributed by atoms with E-state index in [9.17, 15) is 4.39 Å². The number of rotatable bonds is 1. The molecule has 152 valence electrons. The molecule has 2 N–H and O–H groups in total. The number of anilines is 1. The second-order valence-electron chi connectivity index (χ2n) is 7.12. The number of hydrogen-bond acceptors (Lipinski definition) is 7. The van der Waals surface area contributed by atoms with Crippen LogP contribution < -0.4 is 10.5 Å². The second kappa shape index (κ2) is 6.94. The molecule has 5 rings (SSSR count). The molecule has 0 saturated carbocycles. The molecule has 1 aliphatic heterocycles. The van der Waals surface area contributed by atoms with Crippen molar-refractivity contribution in [2.45, 2.75) is 32.9 Å². The van der Waals surface area contributed by atoms with Crippen LogP contribution in [0.2, 0.25) is 0 Å². The number of benzene rings is 1. The third kappa shape index (κ3) is 2.90. The molecule has 4 heterocycles. The smallest absolute Gasteiger partial charge is 0.166 e. The Morgan fingerprint density at radius 1 is 1.27 bits per heavy atom. The quantitative estimate of drug-likeness (QED) is 0.513. The molecule has 4 aromatic rings. The fourth-order valence-electron chi connectivity index (χ4n) is 3.78. The Labute approximate surface area is 171 Å². The maximum Gasteiger partial charge on any atom is 0.166 e. The highest BCUT2D eigenvalue weighted by atomic mass is 19.1. The van der Waals surface area contributed by atoms with Crippen LogP contribution in [0.15, 0.2) is 41.3 Å². The van der Waals surface area contributed by atoms with Gasteiger partial charge in [-0.3, -0.25) is 0 Å². The molecule has 0 aliphatic carbocycles. The van der Waals surface area contributed by atoms with Gasteiger partial charge in [0.25, 0.3) is 0 Å². The lowest BCUT2D eigenvalue weighted by atomic mass is 10.0. The highest BCUT2D eigenvalue weighted by Crippen LogP contribution is 2.37. The van der Waals surface area contributed by atoms with Crippen LogP contribution >= 0.6 is 0 Å². The predicted molar refractivity (Wildman–Crippen MR) is 107 cm³/mol. The SMILES string of the molecule is CCc1noc2c1-c1cnc(N)c(c1)OC(C)c1cc(F)ccc1-c1ncnn1C2. The summed E-state index contributed by atoms with van der Waals surface area (Å²) in [4.78, 5) is 8.71. The lowest BCUT2D eigenvalue weighted by molar-refractivity contribution is 0.227. The number of fused-ring (bicyclic) bond motifs is 7. The van der Waals surface area contributed by atoms with Gasteiger partial charge in [-0.15, -0.1) is 0 Å². The Kier molecular flexibility index (Phi) is 4.23. The average Bonchev–Trinajstić information content (AvgIpc) is 3.36. The normalized spacial score (nSPS) is 15.2. The first kappa shape index (κ1) is 18.3. The lowest BCUT2D eigenvalue weighted by Crippen LogP contribution is -2.11. The van der Waals surface area contributed by atoms with E-state index in [1.807, 2.05) is 19.9 Å². The van der Waals surface area contributed by atoms with Crippen LogP contribution in [0, 0.1) is 5.82 Å². The van der Waals surface area contributed by atoms with Crippen LogP contribution in [0.1, 0.15) is 37.0 Å². The predicted octanol–water partition coefficient (Wildman–Crippen LogP) is 3.78. The molecule has 30 heavy (non-hydrogen) atoms. The summed E-state index contributed by atoms with van der Waals surface area (Å²) in [5.74, 6) is 1.49. The minimum atomic E-state index is -0.507. The van der Waals surface area contributed by atoms with E-state index in [-0.39, 0.29) is 11.6 Å². The molecule has 3 aromatic heterocycles. The van der Waals surface area contributed by atoms with E-state index in [1.165, 1.54) is 18.5 Å². The monoisotopic (exact) mass is 406 g/mol. The molecule has 0 saturated heterocycles. The number of hydrogen-bond donors (Lipinski definition) is 1. The summed E-state index contributed by atoms with van der Waals surface area (Å²) in [6, 6.07) is 6.32. The Hall–Kier alpha value is -3.75. The van der Waals surface area contributed by atoms with Gasteiger partial charge in [0.1, 0.15) is 24.8 Å². The van der Waals surface area contributed by atoms with Gasteiger partial charge >= 0.3 is 0 Å². The highest BCUT2D eigenvalue weighted by molar-refractivity contribution is 5.71. The van der Waals surface area contributed by atoms with Gasteiger partial charge in [-0.25, -0.2) is 19.0 Å². The molecule has 1 aliphatic rings. The van der Waals surface area contributed by atoms with Gasteiger partial charge in [-0.2, -0.15) is 5.10 Å². The van der Waals surface area contributed by atoms with Crippen LogP contribution in [0.4, 0.5) is 10.2 Å². The molecule has 1 atom stereocenters. The van der Waals surface area contributed by atoms with Crippen LogP contribution in [0.3, 0.4) is 0 Å². The van der Waals surface area contributed by atoms with Crippen LogP contribution in [-0.4, -0.2) is 24.9 Å². The van der Waals surface area contributed by atoms with Gasteiger partial charge in [0, 0.05) is 22.9 Å². The van der Waals surface area contributed by atoms with E-state index in [1.54, 1.807) is 16.9 Å². The van der Waals surface area contributed by atoms with Crippen molar-refractivity contribution in [2.24, 2.45) is 0 Å². The molecule has 0 fully saturated rings. The van der Waals surface area contributed by atoms with Crippen molar-refractivity contribution in [3.05, 3.63) is 59.6 Å². The van der Waals surface area contributed by atoms with Crippen molar-refractivity contribution in [3.63, 3.8) is 0 Å². The number of nitrogens with zero attached hydrogens (tertiary/aromatic N) is 5. The first-order chi connectivity index (χ1) is 14.5. The van der Waals surface area contributed by atoms with Gasteiger partial charge < -0.3 is 15.0 Å². The molecule has 9 heteroatoms. The molecular formula is C21H19FN6O2. The Morgan fingerprint density at radius 2 is 2.13 bits per heavy atom. The van der Waals surface area contributed by atoms with Crippen molar-refractivity contribution < 1.29 is 13.7 Å². The fraction of sp³-hybridized carbons (Fsp3) is 0.238. The maximum atomic E-state index is 14.1. The number of nitrogen functional groups attached to an aromatic ring is 1. The maximum absolute atomic E-state index is 14.1. The third-order valence-corrected chi connectivity index (χ3v) is 5.24. The first-order valence-corrected chi connectivity index (χ1v) is 9.62. The van der Waals surface area contributed by atoms with Gasteiger partial charge in [0.15, 0.2) is 23.2 Å². The van der Waals surface area contributed by atoms with Crippen LogP contribution in [-0.2, 0) is 13.0 Å². The van der Waals surface area contributed by atoms with Crippen molar-refractivity contribution in [2.75, 3.05) is 5.73 Å². The van der Waals surface area contributed by atoms with E-state index < -0.39 is 6.10 Å². The zero-order valence-corrected chi connectivity index (χ0v) is 16.5. The first-order valence-electron chi connectivity index (χ1n) is 9.62. The zero-order chi connectivity index (χ0) is 20.8. The van der Waals surface area contributed by atoms with Crippen LogP contribution in [0.25, 0.3) is 22.5 Å². The van der Waals surface area contributed by atoms with Gasteiger partial charge in [0.05, 0.1) is 11.3 Å². The number of nitrogens with two attached hydrogens (primary N) is 1. The lowest BCUT2D eigenvalue weighted by Gasteiger charge is -2.20. The van der Waals surface area contributed by atoms with E-state index in [0.29, 0.717) is 41.4 Å². The molecular weight excluding hydrogens is 387 g/mol. The number of ether oxygens (including phenoxy) is 1. The van der Waals surface area contributed by atoms with Gasteiger partial charge in [0.2, 0.25) is 0 Å². The van der Waals surface area contributed by atoms with Gasteiger partial charge in [-0.1, -0.05) is 12.1 Å². The van der Waals surface area contributed by atoms with E-state index in [4.69, 9.17) is 15.0 Å². The second-order valence-corrected chi connectivity index (χ2v) is 7.12. The zero-order valence-electron chi connectivity index (χ0n) is 16.5. The van der Waals surface area contributed by atoms with E-state index in [2.05, 4.69) is 20.2 Å². The molecule has 0 spiro atoms. The summed E-state index contributed by atoms with van der Waals surface area (Å²) in [6.45, 7) is 4.15. The van der Waals surface area contributed by atoms with E-state index >= 15 is 0 Å². The van der Waals surface area contributed by atoms with Gasteiger partial charge in [-0.05, 0) is 37.6 Å². The molecule has 0 radical (unpaired) electrons. The molecule has 0 amide bonds. The number of pyridine rings is 1. The van der Waals surface area contributed by atoms with Crippen molar-refractivity contribution in [1.82, 2.24) is 24.9 Å². The van der Waals surface area contributed by atoms with Crippen molar-refractivity contribution in [1.29, 1.82) is 0 Å². The third-order valence-electron chi connectivity index (χ3n) is 5.24. The molecule has 8 nitrogen and oxygen atoms in total. The Morgan fingerprint density at radius 3 is 2.97 bits per heavy atom.